The Morgan fingerprint density at radius 1 is 0.931 bits per heavy atom. The van der Waals surface area contributed by atoms with Gasteiger partial charge >= 0.3 is 23.9 Å². The summed E-state index contributed by atoms with van der Waals surface area (Å²) in [5.41, 5.74) is -1.22. The fourth-order valence-electron chi connectivity index (χ4n) is 8.08. The van der Waals surface area contributed by atoms with Gasteiger partial charge < -0.3 is 53.2 Å². The van der Waals surface area contributed by atoms with Crippen LogP contribution in [0.2, 0.25) is 0 Å². The molecule has 6 bridgehead atoms. The second-order valence-electron chi connectivity index (χ2n) is 16.5. The molecule has 3 saturated heterocycles. The van der Waals surface area contributed by atoms with Crippen LogP contribution in [0.5, 0.6) is 0 Å². The highest BCUT2D eigenvalue weighted by Gasteiger charge is 2.57. The van der Waals surface area contributed by atoms with E-state index in [4.69, 9.17) is 37.9 Å². The summed E-state index contributed by atoms with van der Waals surface area (Å²) in [6.07, 6.45) is 5.95. The largest absolute Gasteiger partial charge is 0.466 e. The molecule has 15 nitrogen and oxygen atoms in total. The number of esters is 4. The van der Waals surface area contributed by atoms with E-state index in [9.17, 15) is 34.5 Å². The predicted molar refractivity (Wildman–Crippen MR) is 209 cm³/mol. The zero-order valence-electron chi connectivity index (χ0n) is 34.7. The van der Waals surface area contributed by atoms with Crippen LogP contribution in [0.1, 0.15) is 124 Å². The highest BCUT2D eigenvalue weighted by molar-refractivity contribution is 5.83. The molecule has 0 aromatic heterocycles. The number of carbonyl (C=O) groups is 4. The molecule has 3 N–H and O–H groups in total. The second kappa shape index (κ2) is 23.0. The topological polar surface area (TPSA) is 203 Å². The number of ether oxygens (including phenoxy) is 8. The minimum atomic E-state index is -2.35. The number of hydrogen-bond donors (Lipinski definition) is 3. The minimum absolute atomic E-state index is 0.0449. The van der Waals surface area contributed by atoms with Crippen LogP contribution >= 0.6 is 0 Å². The summed E-state index contributed by atoms with van der Waals surface area (Å²) in [5.74, 6) is -4.90. The summed E-state index contributed by atoms with van der Waals surface area (Å²) in [7, 11) is 1.20. The predicted octanol–water partition coefficient (Wildman–Crippen LogP) is 4.81. The fourth-order valence-corrected chi connectivity index (χ4v) is 8.08. The maximum atomic E-state index is 13.4. The third-order valence-electron chi connectivity index (χ3n) is 11.2. The number of hydrogen-bond acceptors (Lipinski definition) is 15. The van der Waals surface area contributed by atoms with Crippen LogP contribution in [-0.4, -0.2) is 120 Å². The molecule has 2 unspecified atom stereocenters. The van der Waals surface area contributed by atoms with Crippen molar-refractivity contribution >= 4 is 23.9 Å². The van der Waals surface area contributed by atoms with Crippen molar-refractivity contribution in [2.45, 2.75) is 184 Å². The third-order valence-corrected chi connectivity index (χ3v) is 11.2. The summed E-state index contributed by atoms with van der Waals surface area (Å²) in [6.45, 7) is 8.47. The van der Waals surface area contributed by atoms with Crippen molar-refractivity contribution < 1.29 is 72.4 Å². The van der Waals surface area contributed by atoms with Crippen molar-refractivity contribution in [3.8, 4) is 0 Å². The molecule has 4 rings (SSSR count). The maximum absolute atomic E-state index is 13.4. The molecule has 328 valence electrons. The average Bonchev–Trinajstić information content (AvgIpc) is 3.16. The van der Waals surface area contributed by atoms with Crippen LogP contribution in [0, 0.1) is 5.41 Å². The number of fused-ring (bicyclic) bond motifs is 6. The van der Waals surface area contributed by atoms with E-state index in [2.05, 4.69) is 13.5 Å². The average molecular weight is 823 g/mol. The van der Waals surface area contributed by atoms with Gasteiger partial charge in [0.1, 0.15) is 12.7 Å². The number of cyclic esters (lactones) is 1. The molecule has 0 saturated carbocycles. The van der Waals surface area contributed by atoms with Gasteiger partial charge in [-0.3, -0.25) is 14.4 Å². The van der Waals surface area contributed by atoms with Crippen LogP contribution < -0.4 is 0 Å². The smallest absolute Gasteiger partial charge is 0.330 e. The number of unbranched alkanes of at least 4 members (excludes halogenated alkanes) is 4. The molecule has 0 aromatic carbocycles. The quantitative estimate of drug-likeness (QED) is 0.0750. The van der Waals surface area contributed by atoms with Crippen molar-refractivity contribution in [3.63, 3.8) is 0 Å². The van der Waals surface area contributed by atoms with Gasteiger partial charge in [-0.25, -0.2) is 4.79 Å². The fraction of sp³-hybridized carbons (Fsp3) is 0.767. The molecule has 4 heterocycles. The second-order valence-corrected chi connectivity index (χ2v) is 16.5. The normalized spacial score (nSPS) is 34.5. The summed E-state index contributed by atoms with van der Waals surface area (Å²) in [5, 5.41) is 34.0. The van der Waals surface area contributed by atoms with E-state index in [0.717, 1.165) is 44.6 Å². The lowest BCUT2D eigenvalue weighted by molar-refractivity contribution is -0.327. The molecule has 15 heteroatoms. The molecular formula is C43H66O15. The molecule has 0 aliphatic carbocycles. The van der Waals surface area contributed by atoms with Crippen LogP contribution in [0.25, 0.3) is 0 Å². The minimum Gasteiger partial charge on any atom is -0.466 e. The first-order chi connectivity index (χ1) is 27.7. The molecule has 0 aromatic rings. The van der Waals surface area contributed by atoms with Crippen LogP contribution in [-0.2, 0) is 57.1 Å². The van der Waals surface area contributed by atoms with Gasteiger partial charge in [0.15, 0.2) is 12.4 Å². The highest BCUT2D eigenvalue weighted by Crippen LogP contribution is 2.47. The number of carbonyl (C=O) groups excluding carboxylic acids is 4. The lowest BCUT2D eigenvalue weighted by atomic mass is 9.74. The van der Waals surface area contributed by atoms with E-state index in [1.165, 1.54) is 13.2 Å². The van der Waals surface area contributed by atoms with Crippen LogP contribution in [0.15, 0.2) is 36.5 Å². The van der Waals surface area contributed by atoms with Gasteiger partial charge in [-0.2, -0.15) is 0 Å². The first kappa shape index (κ1) is 47.5. The molecule has 0 radical (unpaired) electrons. The lowest BCUT2D eigenvalue weighted by Gasteiger charge is -2.51. The monoisotopic (exact) mass is 822 g/mol. The summed E-state index contributed by atoms with van der Waals surface area (Å²) in [6, 6.07) is 0. The van der Waals surface area contributed by atoms with Gasteiger partial charge in [-0.05, 0) is 43.8 Å². The Bertz CT molecular complexity index is 1430. The maximum Gasteiger partial charge on any atom is 0.330 e. The number of rotatable bonds is 13. The first-order valence-electron chi connectivity index (χ1n) is 21.0. The molecule has 0 spiro atoms. The van der Waals surface area contributed by atoms with E-state index in [1.807, 2.05) is 0 Å². The lowest BCUT2D eigenvalue weighted by Crippen LogP contribution is -2.62. The van der Waals surface area contributed by atoms with Crippen molar-refractivity contribution in [1.82, 2.24) is 0 Å². The van der Waals surface area contributed by atoms with E-state index in [1.54, 1.807) is 26.0 Å². The molecule has 4 aliphatic rings. The Morgan fingerprint density at radius 3 is 2.36 bits per heavy atom. The van der Waals surface area contributed by atoms with Gasteiger partial charge in [-0.1, -0.05) is 65.2 Å². The number of aliphatic hydroxyl groups excluding tert-OH is 2. The van der Waals surface area contributed by atoms with E-state index in [-0.39, 0.29) is 62.9 Å². The standard InChI is InChI=1S/C43H66O15/c1-6-8-9-10-11-15-36(46)57-41-28(20-37(47)51-5)19-34-25-35(27-44)54-39(49)22-29(45)21-30-13-12-14-31(53-30)23-32-24-33(26-38(48)52-18-7-2)56-40(55-32)16-17-42(3,4)43(41,50)58-34/h7,16-17,20,29-35,40-41,44-45,50H,2,6,8-15,18-19,21-27H2,1,3-5H3/b17-16+,28-20+/t29-,30+,31-,32?,33-,34+,35?,40-,41+,43-/m1/s1. The third kappa shape index (κ3) is 14.2. The summed E-state index contributed by atoms with van der Waals surface area (Å²) < 4.78 is 47.3. The Morgan fingerprint density at radius 2 is 1.66 bits per heavy atom. The molecular weight excluding hydrogens is 756 g/mol. The van der Waals surface area contributed by atoms with Crippen LogP contribution in [0.4, 0.5) is 0 Å². The zero-order valence-corrected chi connectivity index (χ0v) is 34.7. The van der Waals surface area contributed by atoms with Crippen molar-refractivity contribution in [1.29, 1.82) is 0 Å². The zero-order chi connectivity index (χ0) is 42.3. The number of methoxy groups -OCH3 is 1. The van der Waals surface area contributed by atoms with Gasteiger partial charge in [0, 0.05) is 43.6 Å². The van der Waals surface area contributed by atoms with E-state index < -0.39 is 84.6 Å². The van der Waals surface area contributed by atoms with Crippen molar-refractivity contribution in [2.75, 3.05) is 20.3 Å². The van der Waals surface area contributed by atoms with Gasteiger partial charge in [-0.15, -0.1) is 0 Å². The molecule has 0 amide bonds. The Kier molecular flexibility index (Phi) is 18.8. The van der Waals surface area contributed by atoms with Gasteiger partial charge in [0.25, 0.3) is 0 Å². The Labute approximate surface area is 342 Å². The summed E-state index contributed by atoms with van der Waals surface area (Å²) in [4.78, 5) is 52.0. The highest BCUT2D eigenvalue weighted by atomic mass is 16.7. The first-order valence-corrected chi connectivity index (χ1v) is 21.0. The van der Waals surface area contributed by atoms with Crippen molar-refractivity contribution in [2.24, 2.45) is 5.41 Å². The Hall–Kier alpha value is -3.18. The van der Waals surface area contributed by atoms with Gasteiger partial charge in [0.05, 0.1) is 63.2 Å². The van der Waals surface area contributed by atoms with E-state index in [0.29, 0.717) is 25.7 Å². The molecule has 10 atom stereocenters. The molecule has 4 aliphatic heterocycles. The SMILES string of the molecule is C=CCOC(=O)C[C@H]1CC2C[C@H]3CCC[C@@H](C[C@@H](O)CC(=O)OC(CO)C[C@@H]4C/C(=C\C(=O)OC)[C@H](OC(=O)CCCCCCC)[C@@](O)(O4)C(C)(C)/C=C/[C@H](O2)O1)O3. The summed E-state index contributed by atoms with van der Waals surface area (Å²) >= 11 is 0. The molecule has 3 fully saturated rings. The Balaban J connectivity index is 1.74. The van der Waals surface area contributed by atoms with Crippen molar-refractivity contribution in [3.05, 3.63) is 36.5 Å². The number of aliphatic hydroxyl groups is 3. The van der Waals surface area contributed by atoms with E-state index >= 15 is 0 Å². The molecule has 58 heavy (non-hydrogen) atoms. The van der Waals surface area contributed by atoms with Gasteiger partial charge in [0.2, 0.25) is 5.79 Å². The van der Waals surface area contributed by atoms with Crippen LogP contribution in [0.3, 0.4) is 0 Å².